The van der Waals surface area contributed by atoms with Crippen molar-refractivity contribution in [3.05, 3.63) is 101 Å². The highest BCUT2D eigenvalue weighted by Crippen LogP contribution is 2.23. The molecule has 4 rings (SSSR count). The third-order valence-electron chi connectivity index (χ3n) is 7.80. The highest BCUT2D eigenvalue weighted by Gasteiger charge is 2.33. The van der Waals surface area contributed by atoms with Crippen molar-refractivity contribution in [3.63, 3.8) is 0 Å². The minimum Gasteiger partial charge on any atom is -0.389 e. The second-order valence-corrected chi connectivity index (χ2v) is 13.1. The van der Waals surface area contributed by atoms with Crippen LogP contribution in [0, 0.1) is 0 Å². The van der Waals surface area contributed by atoms with Gasteiger partial charge < -0.3 is 21.1 Å². The van der Waals surface area contributed by atoms with E-state index in [2.05, 4.69) is 22.9 Å². The monoisotopic (exact) mass is 592 g/mol. The zero-order chi connectivity index (χ0) is 30.4. The van der Waals surface area contributed by atoms with Crippen molar-refractivity contribution in [2.45, 2.75) is 63.4 Å². The van der Waals surface area contributed by atoms with E-state index in [-0.39, 0.29) is 34.9 Å². The molecule has 0 aliphatic carbocycles. The number of nitrogens with one attached hydrogen (secondary N) is 3. The first kappa shape index (κ1) is 31.2. The third kappa shape index (κ3) is 7.96. The number of carbonyl (C=O) groups is 2. The van der Waals surface area contributed by atoms with Crippen LogP contribution in [0.5, 0.6) is 0 Å². The van der Waals surface area contributed by atoms with E-state index in [1.165, 1.54) is 25.2 Å². The van der Waals surface area contributed by atoms with Crippen LogP contribution >= 0.6 is 0 Å². The maximum atomic E-state index is 13.7. The molecule has 0 bridgehead atoms. The molecule has 5 atom stereocenters. The Kier molecular flexibility index (Phi) is 10.0. The van der Waals surface area contributed by atoms with Gasteiger partial charge in [-0.2, -0.15) is 0 Å². The Bertz CT molecular complexity index is 1480. The number of aliphatic hydroxyl groups excluding tert-OH is 1. The molecule has 2 amide bonds. The van der Waals surface area contributed by atoms with Crippen molar-refractivity contribution >= 4 is 27.5 Å². The lowest BCUT2D eigenvalue weighted by Gasteiger charge is -2.29. The molecule has 3 aromatic rings. The van der Waals surface area contributed by atoms with Gasteiger partial charge in [0, 0.05) is 30.3 Å². The maximum absolute atomic E-state index is 13.7. The fourth-order valence-corrected chi connectivity index (χ4v) is 5.73. The summed E-state index contributed by atoms with van der Waals surface area (Å²) < 4.78 is 25.8. The van der Waals surface area contributed by atoms with Gasteiger partial charge in [0.1, 0.15) is 0 Å². The summed E-state index contributed by atoms with van der Waals surface area (Å²) in [6.45, 7) is 3.91. The molecule has 1 fully saturated rings. The minimum atomic E-state index is -3.68. The van der Waals surface area contributed by atoms with Crippen molar-refractivity contribution in [2.75, 3.05) is 17.6 Å². The van der Waals surface area contributed by atoms with Gasteiger partial charge in [0.05, 0.1) is 30.1 Å². The van der Waals surface area contributed by atoms with Crippen LogP contribution in [-0.2, 0) is 16.4 Å². The summed E-state index contributed by atoms with van der Waals surface area (Å²) in [5.41, 5.74) is 2.28. The third-order valence-corrected chi connectivity index (χ3v) is 9.00. The summed E-state index contributed by atoms with van der Waals surface area (Å²) >= 11 is 0. The van der Waals surface area contributed by atoms with Crippen LogP contribution in [0.1, 0.15) is 64.6 Å². The second kappa shape index (κ2) is 13.5. The number of rotatable bonds is 11. The van der Waals surface area contributed by atoms with Crippen molar-refractivity contribution in [1.82, 2.24) is 16.0 Å². The molecular weight excluding hydrogens is 552 g/mol. The average Bonchev–Trinajstić information content (AvgIpc) is 3.42. The second-order valence-electron chi connectivity index (χ2n) is 11.1. The number of anilines is 1. The van der Waals surface area contributed by atoms with E-state index in [1.54, 1.807) is 0 Å². The molecule has 42 heavy (non-hydrogen) atoms. The van der Waals surface area contributed by atoms with E-state index in [4.69, 9.17) is 0 Å². The van der Waals surface area contributed by atoms with Crippen LogP contribution in [0.2, 0.25) is 0 Å². The van der Waals surface area contributed by atoms with Crippen LogP contribution in [0.15, 0.2) is 78.9 Å². The van der Waals surface area contributed by atoms with Crippen LogP contribution in [0.3, 0.4) is 0 Å². The zero-order valence-electron chi connectivity index (χ0n) is 24.4. The molecule has 10 heteroatoms. The Hall–Kier alpha value is -3.73. The molecule has 9 nitrogen and oxygen atoms in total. The SMILES string of the molecule is CC1CCC(C(O)C(Cc2ccccc2)NC(=O)c2cc(C(=O)NC(C)c3ccccc3)cc(N(C)S(C)(=O)=O)c2)N1. The van der Waals surface area contributed by atoms with E-state index in [0.29, 0.717) is 6.42 Å². The fourth-order valence-electron chi connectivity index (χ4n) is 5.24. The van der Waals surface area contributed by atoms with Crippen molar-refractivity contribution in [1.29, 1.82) is 0 Å². The highest BCUT2D eigenvalue weighted by molar-refractivity contribution is 7.92. The van der Waals surface area contributed by atoms with Crippen molar-refractivity contribution in [3.8, 4) is 0 Å². The quantitative estimate of drug-likeness (QED) is 0.270. The summed E-state index contributed by atoms with van der Waals surface area (Å²) in [4.78, 5) is 27.1. The largest absolute Gasteiger partial charge is 0.389 e. The van der Waals surface area contributed by atoms with Crippen molar-refractivity contribution < 1.29 is 23.1 Å². The van der Waals surface area contributed by atoms with E-state index >= 15 is 0 Å². The van der Waals surface area contributed by atoms with E-state index in [9.17, 15) is 23.1 Å². The minimum absolute atomic E-state index is 0.110. The van der Waals surface area contributed by atoms with Gasteiger partial charge in [-0.05, 0) is 62.4 Å². The molecule has 0 radical (unpaired) electrons. The van der Waals surface area contributed by atoms with E-state index in [0.717, 1.165) is 34.5 Å². The van der Waals surface area contributed by atoms with Gasteiger partial charge in [-0.1, -0.05) is 60.7 Å². The molecule has 0 saturated carbocycles. The maximum Gasteiger partial charge on any atom is 0.251 e. The Morgan fingerprint density at radius 2 is 1.52 bits per heavy atom. The molecule has 0 spiro atoms. The highest BCUT2D eigenvalue weighted by atomic mass is 32.2. The number of amides is 2. The number of aliphatic hydroxyl groups is 1. The van der Waals surface area contributed by atoms with Gasteiger partial charge >= 0.3 is 0 Å². The molecule has 4 N–H and O–H groups in total. The number of hydrogen-bond donors (Lipinski definition) is 4. The predicted molar refractivity (Wildman–Crippen MR) is 165 cm³/mol. The molecule has 224 valence electrons. The standard InChI is InChI=1S/C32H40N4O5S/c1-21-15-16-28(33-21)30(37)29(17-23-11-7-5-8-12-23)35-32(39)26-18-25(19-27(20-26)36(3)42(4,40)41)31(38)34-22(2)24-13-9-6-10-14-24/h5-14,18-22,28-30,33,37H,15-17H2,1-4H3,(H,34,38)(H,35,39). The van der Waals surface area contributed by atoms with Gasteiger partial charge in [0.25, 0.3) is 11.8 Å². The van der Waals surface area contributed by atoms with Gasteiger partial charge in [0.2, 0.25) is 10.0 Å². The number of nitrogens with zero attached hydrogens (tertiary/aromatic N) is 1. The lowest BCUT2D eigenvalue weighted by Crippen LogP contribution is -2.53. The Morgan fingerprint density at radius 3 is 2.07 bits per heavy atom. The average molecular weight is 593 g/mol. The first-order valence-corrected chi connectivity index (χ1v) is 16.0. The number of sulfonamides is 1. The fraction of sp³-hybridized carbons (Fsp3) is 0.375. The van der Waals surface area contributed by atoms with Crippen molar-refractivity contribution in [2.24, 2.45) is 0 Å². The molecule has 0 aromatic heterocycles. The lowest BCUT2D eigenvalue weighted by molar-refractivity contribution is 0.0732. The Balaban J connectivity index is 1.64. The lowest BCUT2D eigenvalue weighted by atomic mass is 9.95. The summed E-state index contributed by atoms with van der Waals surface area (Å²) in [7, 11) is -2.31. The van der Waals surface area contributed by atoms with Crippen LogP contribution in [-0.4, -0.2) is 62.9 Å². The topological polar surface area (TPSA) is 128 Å². The van der Waals surface area contributed by atoms with E-state index in [1.807, 2.05) is 67.6 Å². The smallest absolute Gasteiger partial charge is 0.251 e. The molecule has 1 aliphatic heterocycles. The number of carbonyl (C=O) groups excluding carboxylic acids is 2. The van der Waals surface area contributed by atoms with Gasteiger partial charge in [-0.3, -0.25) is 13.9 Å². The number of benzene rings is 3. The number of hydrogen-bond acceptors (Lipinski definition) is 6. The summed E-state index contributed by atoms with van der Waals surface area (Å²) in [5.74, 6) is -0.968. The molecule has 3 aromatic carbocycles. The summed E-state index contributed by atoms with van der Waals surface area (Å²) in [5, 5.41) is 20.7. The van der Waals surface area contributed by atoms with Gasteiger partial charge in [-0.25, -0.2) is 8.42 Å². The van der Waals surface area contributed by atoms with Crippen LogP contribution < -0.4 is 20.3 Å². The Morgan fingerprint density at radius 1 is 0.952 bits per heavy atom. The normalized spacial score (nSPS) is 19.0. The molecule has 1 saturated heterocycles. The van der Waals surface area contributed by atoms with Gasteiger partial charge in [0.15, 0.2) is 0 Å². The molecule has 5 unspecified atom stereocenters. The van der Waals surface area contributed by atoms with Gasteiger partial charge in [-0.15, -0.1) is 0 Å². The summed E-state index contributed by atoms with van der Waals surface area (Å²) in [6.07, 6.45) is 2.29. The van der Waals surface area contributed by atoms with Crippen LogP contribution in [0.25, 0.3) is 0 Å². The Labute approximate surface area is 248 Å². The molecule has 1 aliphatic rings. The van der Waals surface area contributed by atoms with E-state index < -0.39 is 34.0 Å². The predicted octanol–water partition coefficient (Wildman–Crippen LogP) is 3.42. The summed E-state index contributed by atoms with van der Waals surface area (Å²) in [6, 6.07) is 22.5. The molecular formula is C32H40N4O5S. The first-order chi connectivity index (χ1) is 19.9. The van der Waals surface area contributed by atoms with Crippen LogP contribution in [0.4, 0.5) is 5.69 Å². The zero-order valence-corrected chi connectivity index (χ0v) is 25.3. The first-order valence-electron chi connectivity index (χ1n) is 14.2. The molecule has 1 heterocycles.